The normalized spacial score (nSPS) is 11.6. The minimum atomic E-state index is -0.596. The molecule has 8 heteroatoms. The summed E-state index contributed by atoms with van der Waals surface area (Å²) in [5.41, 5.74) is 0.0425. The number of rotatable bonds is 7. The number of nitrogens with one attached hydrogen (secondary N) is 2. The summed E-state index contributed by atoms with van der Waals surface area (Å²) in [6, 6.07) is 3.49. The molecule has 0 radical (unpaired) electrons. The number of hydrogen-bond donors (Lipinski definition) is 2. The summed E-state index contributed by atoms with van der Waals surface area (Å²) in [5, 5.41) is 16.1. The molecule has 0 aromatic heterocycles. The molecule has 1 rings (SSSR count). The molecule has 0 fully saturated rings. The number of nitro benzene ring substituents is 1. The van der Waals surface area contributed by atoms with E-state index in [1.54, 1.807) is 0 Å². The van der Waals surface area contributed by atoms with Crippen molar-refractivity contribution in [3.63, 3.8) is 0 Å². The van der Waals surface area contributed by atoms with Gasteiger partial charge in [0.1, 0.15) is 0 Å². The van der Waals surface area contributed by atoms with Crippen LogP contribution in [0.4, 0.5) is 11.4 Å². The van der Waals surface area contributed by atoms with Gasteiger partial charge in [-0.2, -0.15) is 0 Å². The second kappa shape index (κ2) is 8.08. The number of carbonyl (C=O) groups is 2. The minimum absolute atomic E-state index is 0.0407. The van der Waals surface area contributed by atoms with E-state index >= 15 is 0 Å². The highest BCUT2D eigenvalue weighted by molar-refractivity contribution is 6.04. The summed E-state index contributed by atoms with van der Waals surface area (Å²) < 4.78 is 5.00. The Morgan fingerprint density at radius 3 is 2.59 bits per heavy atom. The number of benzene rings is 1. The fraction of sp³-hybridized carbons (Fsp3) is 0.429. The molecule has 1 unspecified atom stereocenters. The maximum atomic E-state index is 12.3. The van der Waals surface area contributed by atoms with Crippen molar-refractivity contribution >= 4 is 23.2 Å². The summed E-state index contributed by atoms with van der Waals surface area (Å²) in [7, 11) is 1.52. The maximum Gasteiger partial charge on any atom is 0.270 e. The van der Waals surface area contributed by atoms with E-state index in [9.17, 15) is 19.7 Å². The monoisotopic (exact) mass is 309 g/mol. The lowest BCUT2D eigenvalue weighted by Crippen LogP contribution is -2.37. The lowest BCUT2D eigenvalue weighted by molar-refractivity contribution is -0.384. The molecule has 0 aliphatic heterocycles. The zero-order valence-corrected chi connectivity index (χ0v) is 12.7. The van der Waals surface area contributed by atoms with Gasteiger partial charge in [-0.05, 0) is 12.5 Å². The first-order chi connectivity index (χ1) is 10.4. The maximum absolute atomic E-state index is 12.3. The number of ether oxygens (including phenoxy) is 1. The van der Waals surface area contributed by atoms with Crippen LogP contribution in [0.1, 0.15) is 30.6 Å². The van der Waals surface area contributed by atoms with Gasteiger partial charge in [0.25, 0.3) is 11.6 Å². The smallest absolute Gasteiger partial charge is 0.270 e. The van der Waals surface area contributed by atoms with E-state index in [1.165, 1.54) is 26.2 Å². The van der Waals surface area contributed by atoms with Crippen LogP contribution in [0.5, 0.6) is 0 Å². The number of non-ortho nitro benzene ring substituents is 1. The van der Waals surface area contributed by atoms with Crippen molar-refractivity contribution in [3.05, 3.63) is 33.9 Å². The standard InChI is InChI=1S/C14H19N3O5/c1-4-10(8-22-3)16-14(19)12-7-11(17(20)21)5-6-13(12)15-9(2)18/h5-7,10H,4,8H2,1-3H3,(H,15,18)(H,16,19). The first-order valence-electron chi connectivity index (χ1n) is 6.74. The number of carbonyl (C=O) groups excluding carboxylic acids is 2. The molecule has 1 aromatic rings. The fourth-order valence-electron chi connectivity index (χ4n) is 1.86. The number of methoxy groups -OCH3 is 1. The largest absolute Gasteiger partial charge is 0.383 e. The van der Waals surface area contributed by atoms with Gasteiger partial charge in [0.05, 0.1) is 28.8 Å². The SMILES string of the molecule is CCC(COC)NC(=O)c1cc([N+](=O)[O-])ccc1NC(C)=O. The number of nitrogens with zero attached hydrogens (tertiary/aromatic N) is 1. The lowest BCUT2D eigenvalue weighted by atomic mass is 10.1. The van der Waals surface area contributed by atoms with Crippen LogP contribution < -0.4 is 10.6 Å². The predicted molar refractivity (Wildman–Crippen MR) is 80.8 cm³/mol. The number of amides is 2. The third kappa shape index (κ3) is 4.81. The summed E-state index contributed by atoms with van der Waals surface area (Å²) in [6.45, 7) is 3.50. The van der Waals surface area contributed by atoms with E-state index in [1.807, 2.05) is 6.92 Å². The highest BCUT2D eigenvalue weighted by Crippen LogP contribution is 2.22. The molecule has 8 nitrogen and oxygen atoms in total. The second-order valence-electron chi connectivity index (χ2n) is 4.70. The third-order valence-corrected chi connectivity index (χ3v) is 2.97. The predicted octanol–water partition coefficient (Wildman–Crippen LogP) is 1.71. The molecule has 1 aromatic carbocycles. The highest BCUT2D eigenvalue weighted by Gasteiger charge is 2.19. The van der Waals surface area contributed by atoms with Gasteiger partial charge in [0.15, 0.2) is 0 Å². The van der Waals surface area contributed by atoms with Gasteiger partial charge in [-0.15, -0.1) is 0 Å². The highest BCUT2D eigenvalue weighted by atomic mass is 16.6. The van der Waals surface area contributed by atoms with E-state index in [-0.39, 0.29) is 28.9 Å². The molecule has 0 saturated carbocycles. The van der Waals surface area contributed by atoms with Gasteiger partial charge in [-0.1, -0.05) is 6.92 Å². The summed E-state index contributed by atoms with van der Waals surface area (Å²) in [6.07, 6.45) is 0.643. The van der Waals surface area contributed by atoms with Crippen LogP contribution >= 0.6 is 0 Å². The van der Waals surface area contributed by atoms with Gasteiger partial charge >= 0.3 is 0 Å². The van der Waals surface area contributed by atoms with Crippen molar-refractivity contribution in [1.29, 1.82) is 0 Å². The van der Waals surface area contributed by atoms with E-state index in [2.05, 4.69) is 10.6 Å². The Morgan fingerprint density at radius 1 is 1.41 bits per heavy atom. The first-order valence-corrected chi connectivity index (χ1v) is 6.74. The summed E-state index contributed by atoms with van der Waals surface area (Å²) in [5.74, 6) is -0.872. The second-order valence-corrected chi connectivity index (χ2v) is 4.70. The van der Waals surface area contributed by atoms with Crippen molar-refractivity contribution in [2.75, 3.05) is 19.0 Å². The summed E-state index contributed by atoms with van der Waals surface area (Å²) >= 11 is 0. The van der Waals surface area contributed by atoms with Crippen LogP contribution in [0, 0.1) is 10.1 Å². The topological polar surface area (TPSA) is 111 Å². The Bertz CT molecular complexity index is 574. The molecule has 0 aliphatic carbocycles. The molecule has 2 N–H and O–H groups in total. The van der Waals surface area contributed by atoms with Crippen LogP contribution in [0.25, 0.3) is 0 Å². The molecule has 0 saturated heterocycles. The summed E-state index contributed by atoms with van der Waals surface area (Å²) in [4.78, 5) is 33.8. The Hall–Kier alpha value is -2.48. The van der Waals surface area contributed by atoms with Gasteiger partial charge in [-0.25, -0.2) is 0 Å². The Balaban J connectivity index is 3.11. The Labute approximate surface area is 128 Å². The molecular formula is C14H19N3O5. The zero-order chi connectivity index (χ0) is 16.7. The van der Waals surface area contributed by atoms with Crippen LogP contribution in [0.2, 0.25) is 0 Å². The molecule has 0 bridgehead atoms. The molecular weight excluding hydrogens is 290 g/mol. The molecule has 0 heterocycles. The average molecular weight is 309 g/mol. The van der Waals surface area contributed by atoms with E-state index in [4.69, 9.17) is 4.74 Å². The Morgan fingerprint density at radius 2 is 2.09 bits per heavy atom. The van der Waals surface area contributed by atoms with Crippen LogP contribution in [-0.4, -0.2) is 36.5 Å². The molecule has 120 valence electrons. The van der Waals surface area contributed by atoms with E-state index in [0.717, 1.165) is 6.07 Å². The fourth-order valence-corrected chi connectivity index (χ4v) is 1.86. The van der Waals surface area contributed by atoms with Crippen LogP contribution in [-0.2, 0) is 9.53 Å². The van der Waals surface area contributed by atoms with Crippen molar-refractivity contribution < 1.29 is 19.2 Å². The van der Waals surface area contributed by atoms with Gasteiger partial charge in [-0.3, -0.25) is 19.7 Å². The zero-order valence-electron chi connectivity index (χ0n) is 12.7. The van der Waals surface area contributed by atoms with Crippen LogP contribution in [0.3, 0.4) is 0 Å². The number of hydrogen-bond acceptors (Lipinski definition) is 5. The third-order valence-electron chi connectivity index (χ3n) is 2.97. The van der Waals surface area contributed by atoms with E-state index in [0.29, 0.717) is 13.0 Å². The molecule has 1 atom stereocenters. The van der Waals surface area contributed by atoms with Crippen molar-refractivity contribution in [2.24, 2.45) is 0 Å². The van der Waals surface area contributed by atoms with Gasteiger partial charge < -0.3 is 15.4 Å². The number of anilines is 1. The van der Waals surface area contributed by atoms with E-state index < -0.39 is 10.8 Å². The van der Waals surface area contributed by atoms with Gasteiger partial charge in [0, 0.05) is 26.2 Å². The number of nitro groups is 1. The molecule has 2 amide bonds. The van der Waals surface area contributed by atoms with Crippen LogP contribution in [0.15, 0.2) is 18.2 Å². The molecule has 0 aliphatic rings. The minimum Gasteiger partial charge on any atom is -0.383 e. The Kier molecular flexibility index (Phi) is 6.46. The first kappa shape index (κ1) is 17.6. The average Bonchev–Trinajstić information content (AvgIpc) is 2.46. The van der Waals surface area contributed by atoms with Crippen molar-refractivity contribution in [3.8, 4) is 0 Å². The van der Waals surface area contributed by atoms with Crippen molar-refractivity contribution in [2.45, 2.75) is 26.3 Å². The van der Waals surface area contributed by atoms with Gasteiger partial charge in [0.2, 0.25) is 5.91 Å². The molecule has 0 spiro atoms. The molecule has 22 heavy (non-hydrogen) atoms. The quantitative estimate of drug-likeness (QED) is 0.588. The van der Waals surface area contributed by atoms with Crippen molar-refractivity contribution in [1.82, 2.24) is 5.32 Å². The lowest BCUT2D eigenvalue weighted by Gasteiger charge is -2.17.